The molecule has 0 aliphatic rings. The van der Waals surface area contributed by atoms with Crippen LogP contribution in [0.3, 0.4) is 0 Å². The van der Waals surface area contributed by atoms with Gasteiger partial charge in [0, 0.05) is 21.3 Å². The maximum Gasteiger partial charge on any atom is 0.668 e. The summed E-state index contributed by atoms with van der Waals surface area (Å²) in [5.41, 5.74) is 0. The lowest BCUT2D eigenvalue weighted by Crippen LogP contribution is -2.59. The Bertz CT molecular complexity index is 2770. The molecule has 0 aliphatic carbocycles. The summed E-state index contributed by atoms with van der Waals surface area (Å²) < 4.78 is 369. The molecule has 0 rings (SSSR count). The standard InChI is InChI=1S/C8H24O32Si31/c1-36-71(37-2,38-3)39-41-42(9)43(10)44(11)45(12)46(13)47(14)48(15)49(16)50(17)51(18)52(19)53(20)54(21)55(22)56(23)57(24)58(25)59(26)60(27)61(28)62(29)63(30)64(31)65(32)66(33)67(34)68(35)70(7,8)40-69(4,5)6/h1-8H3. The molecule has 0 spiro atoms. The van der Waals surface area contributed by atoms with E-state index in [9.17, 15) is 120 Å². The van der Waals surface area contributed by atoms with Gasteiger partial charge in [-0.05, 0) is 32.7 Å². The number of rotatable bonds is 35. The van der Waals surface area contributed by atoms with E-state index in [0.29, 0.717) is 0 Å². The summed E-state index contributed by atoms with van der Waals surface area (Å²) in [5.74, 6) is 0. The zero-order chi connectivity index (χ0) is 56.3. The minimum atomic E-state index is -4.68. The Hall–Kier alpha value is 1.12. The van der Waals surface area contributed by atoms with Crippen molar-refractivity contribution in [1.82, 2.24) is 0 Å². The van der Waals surface area contributed by atoms with Crippen LogP contribution in [-0.2, 0) is 142 Å². The maximum atomic E-state index is 13.0. The smallest absolute Gasteiger partial charge is 0.453 e. The van der Waals surface area contributed by atoms with Gasteiger partial charge in [0.15, 0.2) is 8.32 Å². The Morgan fingerprint density at radius 3 is 0.606 bits per heavy atom. The van der Waals surface area contributed by atoms with Crippen LogP contribution in [0.25, 0.3) is 0 Å². The Kier molecular flexibility index (Phi) is 31.5. The predicted octanol–water partition coefficient (Wildman–Crippen LogP) is -11.9. The van der Waals surface area contributed by atoms with E-state index in [4.69, 9.17) is 21.5 Å². The highest BCUT2D eigenvalue weighted by atomic mass is 30.1. The van der Waals surface area contributed by atoms with Crippen LogP contribution < -0.4 is 0 Å². The molecule has 32 nitrogen and oxygen atoms in total. The van der Waals surface area contributed by atoms with Crippen LogP contribution in [0, 0.1) is 0 Å². The van der Waals surface area contributed by atoms with Gasteiger partial charge in [-0.1, -0.05) is 0 Å². The fourth-order valence-electron chi connectivity index (χ4n) is 4.19. The molecule has 0 aromatic rings. The lowest BCUT2D eigenvalue weighted by molar-refractivity contribution is 0.0534. The Morgan fingerprint density at radius 2 is 0.437 bits per heavy atom. The van der Waals surface area contributed by atoms with Gasteiger partial charge < -0.3 is 142 Å². The highest BCUT2D eigenvalue weighted by Crippen LogP contribution is 2.14. The van der Waals surface area contributed by atoms with Crippen LogP contribution in [0.1, 0.15) is 0 Å². The second kappa shape index (κ2) is 31.1. The Balaban J connectivity index is 5.88. The van der Waals surface area contributed by atoms with Gasteiger partial charge >= 0.3 is 217 Å². The van der Waals surface area contributed by atoms with Crippen LogP contribution >= 0.6 is 0 Å². The van der Waals surface area contributed by atoms with Gasteiger partial charge in [-0.2, -0.15) is 0 Å². The molecule has 0 fully saturated rings. The molecule has 0 aromatic carbocycles. The summed E-state index contributed by atoms with van der Waals surface area (Å²) in [6.07, 6.45) is 0. The molecule has 0 saturated heterocycles. The minimum Gasteiger partial charge on any atom is -0.453 e. The third-order valence-electron chi connectivity index (χ3n) is 7.49. The van der Waals surface area contributed by atoms with E-state index < -0.39 is 243 Å². The third-order valence-corrected chi connectivity index (χ3v) is 236. The van der Waals surface area contributed by atoms with Gasteiger partial charge in [0.25, 0.3) is 9.28 Å². The highest BCUT2D eigenvalue weighted by Gasteiger charge is 2.59. The van der Waals surface area contributed by atoms with Crippen LogP contribution in [-0.4, -0.2) is 264 Å². The molecule has 0 aliphatic heterocycles. The van der Waals surface area contributed by atoms with E-state index in [1.807, 2.05) is 0 Å². The van der Waals surface area contributed by atoms with Gasteiger partial charge in [0.1, 0.15) is 0 Å². The molecule has 0 heterocycles. The van der Waals surface area contributed by atoms with Crippen molar-refractivity contribution >= 4 is 243 Å². The molecule has 0 amide bonds. The van der Waals surface area contributed by atoms with Gasteiger partial charge in [-0.3, -0.25) is 0 Å². The molecule has 63 heteroatoms. The zero-order valence-electron chi connectivity index (χ0n) is 36.6. The van der Waals surface area contributed by atoms with Crippen molar-refractivity contribution in [2.75, 3.05) is 21.3 Å². The average Bonchev–Trinajstić information content (AvgIpc) is 3.34. The summed E-state index contributed by atoms with van der Waals surface area (Å²) in [6, 6.07) is 0. The summed E-state index contributed by atoms with van der Waals surface area (Å²) in [6.45, 7) is 7.81. The van der Waals surface area contributed by atoms with Crippen molar-refractivity contribution in [3.8, 4) is 0 Å². The van der Waals surface area contributed by atoms with Crippen molar-refractivity contribution < 1.29 is 142 Å². The van der Waals surface area contributed by atoms with Gasteiger partial charge in [-0.25, -0.2) is 0 Å². The van der Waals surface area contributed by atoms with Gasteiger partial charge in [0.2, 0.25) is 7.83 Å². The molecule has 0 N–H and O–H groups in total. The van der Waals surface area contributed by atoms with Crippen LogP contribution in [0.5, 0.6) is 0 Å². The first-order valence-corrected chi connectivity index (χ1v) is 92.5. The molecular formula is C8H24O32Si31. The SMILES string of the molecule is CO[Si](OC)(OC)O[Si][Si](=O)[Si](=O)[Si](=O)[Si](=O)[Si](=O)[Si](=O)[Si](=O)[Si](=O)[Si](=O)[Si](=O)[Si](=O)[Si](=O)[Si](=O)[Si](=O)[Si](=O)[Si](=O)[Si](=O)[Si](=O)[Si](=O)[Si](=O)[Si](=O)[Si](=O)[Si](=O)[Si](=O)[Si](=O)[Si](=O)[Si](=O)[Si](C)(C)O[Si](C)(C)C. The fraction of sp³-hybridized carbons (Fsp3) is 1.00. The predicted molar refractivity (Wildman–Crippen MR) is 249 cm³/mol. The topological polar surface area (TPSA) is 507 Å². The van der Waals surface area contributed by atoms with Crippen molar-refractivity contribution in [2.24, 2.45) is 0 Å². The van der Waals surface area contributed by atoms with Crippen molar-refractivity contribution in [3.63, 3.8) is 0 Å². The van der Waals surface area contributed by atoms with E-state index in [1.165, 1.54) is 13.1 Å². The van der Waals surface area contributed by atoms with Crippen molar-refractivity contribution in [1.29, 1.82) is 0 Å². The van der Waals surface area contributed by atoms with E-state index in [0.717, 1.165) is 21.3 Å². The monoisotopic (exact) mass is 1500 g/mol. The van der Waals surface area contributed by atoms with Crippen molar-refractivity contribution in [2.45, 2.75) is 32.7 Å². The quantitative estimate of drug-likeness (QED) is 0.0532. The first-order chi connectivity index (χ1) is 32.2. The van der Waals surface area contributed by atoms with E-state index in [1.54, 1.807) is 19.6 Å². The highest BCUT2D eigenvalue weighted by molar-refractivity contribution is 7.84. The van der Waals surface area contributed by atoms with E-state index in [2.05, 4.69) is 0 Å². The fourth-order valence-corrected chi connectivity index (χ4v) is 344. The van der Waals surface area contributed by atoms with Gasteiger partial charge in [-0.15, -0.1) is 0 Å². The summed E-state index contributed by atoms with van der Waals surface area (Å²) in [4.78, 5) is 0. The molecule has 0 saturated carbocycles. The Morgan fingerprint density at radius 1 is 0.268 bits per heavy atom. The molecule has 0 bridgehead atoms. The maximum absolute atomic E-state index is 13.0. The average molecular weight is 1500 g/mol. The molecule has 372 valence electrons. The molecule has 71 heavy (non-hydrogen) atoms. The van der Waals surface area contributed by atoms with E-state index >= 15 is 0 Å². The molecule has 2 radical (unpaired) electrons. The lowest BCUT2D eigenvalue weighted by Gasteiger charge is -2.28. The summed E-state index contributed by atoms with van der Waals surface area (Å²) >= 11 is 0. The van der Waals surface area contributed by atoms with Crippen molar-refractivity contribution in [3.05, 3.63) is 0 Å². The molecule has 0 unspecified atom stereocenters. The third kappa shape index (κ3) is 19.5. The first-order valence-electron chi connectivity index (χ1n) is 17.7. The molecular weight excluding hydrogens is 1480 g/mol. The van der Waals surface area contributed by atoms with Crippen LogP contribution in [0.4, 0.5) is 0 Å². The zero-order valence-corrected chi connectivity index (χ0v) is 67.6. The number of hydrogen-bond donors (Lipinski definition) is 0. The van der Waals surface area contributed by atoms with E-state index in [-0.39, 0.29) is 0 Å². The second-order valence-corrected chi connectivity index (χ2v) is 161. The van der Waals surface area contributed by atoms with Crippen LogP contribution in [0.15, 0.2) is 0 Å². The lowest BCUT2D eigenvalue weighted by atomic mass is 11.8. The van der Waals surface area contributed by atoms with Crippen LogP contribution in [0.2, 0.25) is 32.7 Å². The largest absolute Gasteiger partial charge is 0.668 e. The normalized spacial score (nSPS) is 11.0. The number of hydrogen-bond acceptors (Lipinski definition) is 32. The first kappa shape index (κ1) is 72.1. The Labute approximate surface area is 434 Å². The molecule has 0 atom stereocenters. The second-order valence-electron chi connectivity index (χ2n) is 13.9. The summed E-state index contributed by atoms with van der Waals surface area (Å²) in [7, 11) is -126. The molecule has 0 aromatic heterocycles. The van der Waals surface area contributed by atoms with Gasteiger partial charge in [0.05, 0.1) is 0 Å². The minimum absolute atomic E-state index is 1.06. The summed E-state index contributed by atoms with van der Waals surface area (Å²) in [5, 5.41) is 0.